The highest BCUT2D eigenvalue weighted by Crippen LogP contribution is 2.44. The maximum atomic E-state index is 12.2. The summed E-state index contributed by atoms with van der Waals surface area (Å²) in [6.07, 6.45) is 1.49. The van der Waals surface area contributed by atoms with Crippen LogP contribution in [0.4, 0.5) is 4.79 Å². The summed E-state index contributed by atoms with van der Waals surface area (Å²) < 4.78 is 5.50. The van der Waals surface area contributed by atoms with Crippen LogP contribution in [0.5, 0.6) is 0 Å². The average molecular weight is 349 g/mol. The first-order chi connectivity index (χ1) is 12.6. The van der Waals surface area contributed by atoms with Crippen LogP contribution in [0, 0.1) is 5.92 Å². The van der Waals surface area contributed by atoms with E-state index in [1.807, 2.05) is 38.1 Å². The van der Waals surface area contributed by atoms with E-state index in [4.69, 9.17) is 4.74 Å². The second-order valence-electron chi connectivity index (χ2n) is 6.99. The molecule has 0 spiro atoms. The molecule has 4 heteroatoms. The fourth-order valence-corrected chi connectivity index (χ4v) is 3.55. The van der Waals surface area contributed by atoms with Crippen LogP contribution in [0.1, 0.15) is 37.3 Å². The SMILES string of the molecule is CC(C)C[C@@H](C=C=O)NC(=O)OCC1c2ccccc2-c2ccccc21. The van der Waals surface area contributed by atoms with Crippen molar-refractivity contribution in [2.45, 2.75) is 32.2 Å². The number of carbonyl (C=O) groups excluding carboxylic acids is 2. The Balaban J connectivity index is 1.70. The van der Waals surface area contributed by atoms with Crippen LogP contribution in [-0.4, -0.2) is 24.7 Å². The zero-order valence-electron chi connectivity index (χ0n) is 15.1. The number of amides is 1. The van der Waals surface area contributed by atoms with Gasteiger partial charge in [0.25, 0.3) is 0 Å². The van der Waals surface area contributed by atoms with Gasteiger partial charge in [0, 0.05) is 12.0 Å². The highest BCUT2D eigenvalue weighted by atomic mass is 16.5. The highest BCUT2D eigenvalue weighted by molar-refractivity contribution is 5.79. The minimum Gasteiger partial charge on any atom is -0.449 e. The van der Waals surface area contributed by atoms with E-state index in [0.29, 0.717) is 12.3 Å². The van der Waals surface area contributed by atoms with Crippen molar-refractivity contribution in [2.24, 2.45) is 5.92 Å². The molecule has 0 radical (unpaired) electrons. The molecule has 0 saturated carbocycles. The van der Waals surface area contributed by atoms with Crippen LogP contribution in [-0.2, 0) is 9.53 Å². The highest BCUT2D eigenvalue weighted by Gasteiger charge is 2.29. The molecular weight excluding hydrogens is 326 g/mol. The Morgan fingerprint density at radius 3 is 2.23 bits per heavy atom. The molecule has 1 amide bonds. The molecule has 1 aliphatic carbocycles. The molecule has 134 valence electrons. The van der Waals surface area contributed by atoms with E-state index in [9.17, 15) is 9.59 Å². The third-order valence-corrected chi connectivity index (χ3v) is 4.64. The zero-order chi connectivity index (χ0) is 18.5. The number of alkyl carbamates (subject to hydrolysis) is 1. The predicted molar refractivity (Wildman–Crippen MR) is 102 cm³/mol. The van der Waals surface area contributed by atoms with Gasteiger partial charge in [-0.2, -0.15) is 0 Å². The fraction of sp³-hybridized carbons (Fsp3) is 0.318. The molecule has 0 aromatic heterocycles. The Kier molecular flexibility index (Phi) is 5.55. The number of hydrogen-bond donors (Lipinski definition) is 1. The van der Waals surface area contributed by atoms with Gasteiger partial charge in [0.05, 0.1) is 6.04 Å². The van der Waals surface area contributed by atoms with E-state index in [2.05, 4.69) is 29.6 Å². The van der Waals surface area contributed by atoms with Gasteiger partial charge in [0.15, 0.2) is 0 Å². The number of hydrogen-bond acceptors (Lipinski definition) is 3. The Morgan fingerprint density at radius 1 is 1.12 bits per heavy atom. The standard InChI is InChI=1S/C22H23NO3/c1-15(2)13-16(11-12-24)23-22(25)26-14-21-19-9-5-3-7-17(19)18-8-4-6-10-20(18)21/h3-11,15-16,21H,13-14H2,1-2H3,(H,23,25)/t16-/m1/s1. The normalized spacial score (nSPS) is 13.5. The number of carbonyl (C=O) groups is 1. The largest absolute Gasteiger partial charge is 0.449 e. The van der Waals surface area contributed by atoms with Crippen molar-refractivity contribution >= 4 is 12.0 Å². The van der Waals surface area contributed by atoms with Gasteiger partial charge in [-0.3, -0.25) is 0 Å². The lowest BCUT2D eigenvalue weighted by molar-refractivity contribution is 0.140. The van der Waals surface area contributed by atoms with Gasteiger partial charge in [-0.25, -0.2) is 9.59 Å². The van der Waals surface area contributed by atoms with Crippen LogP contribution in [0.3, 0.4) is 0 Å². The van der Waals surface area contributed by atoms with E-state index < -0.39 is 6.09 Å². The molecule has 0 bridgehead atoms. The third-order valence-electron chi connectivity index (χ3n) is 4.64. The second-order valence-corrected chi connectivity index (χ2v) is 6.99. The van der Waals surface area contributed by atoms with Crippen LogP contribution in [0.15, 0.2) is 54.6 Å². The number of rotatable bonds is 6. The Labute approximate surface area is 153 Å². The quantitative estimate of drug-likeness (QED) is 0.790. The summed E-state index contributed by atoms with van der Waals surface area (Å²) in [6, 6.07) is 16.1. The Bertz CT molecular complexity index is 791. The number of nitrogens with one attached hydrogen (secondary N) is 1. The summed E-state index contributed by atoms with van der Waals surface area (Å²) >= 11 is 0. The van der Waals surface area contributed by atoms with Crippen molar-refractivity contribution in [3.05, 3.63) is 65.7 Å². The lowest BCUT2D eigenvalue weighted by Gasteiger charge is -2.18. The first-order valence-electron chi connectivity index (χ1n) is 8.92. The average Bonchev–Trinajstić information content (AvgIpc) is 2.94. The topological polar surface area (TPSA) is 55.4 Å². The van der Waals surface area contributed by atoms with Gasteiger partial charge >= 0.3 is 6.09 Å². The lowest BCUT2D eigenvalue weighted by atomic mass is 9.98. The van der Waals surface area contributed by atoms with E-state index in [1.54, 1.807) is 5.94 Å². The summed E-state index contributed by atoms with van der Waals surface area (Å²) in [4.78, 5) is 22.9. The van der Waals surface area contributed by atoms with Crippen molar-refractivity contribution in [3.8, 4) is 11.1 Å². The van der Waals surface area contributed by atoms with Gasteiger partial charge in [-0.05, 0) is 34.6 Å². The minimum absolute atomic E-state index is 0.0262. The van der Waals surface area contributed by atoms with E-state index in [0.717, 1.165) is 0 Å². The third kappa shape index (κ3) is 3.87. The molecule has 4 nitrogen and oxygen atoms in total. The Hall–Kier alpha value is -2.84. The van der Waals surface area contributed by atoms with E-state index in [1.165, 1.54) is 28.3 Å². The Morgan fingerprint density at radius 2 is 1.69 bits per heavy atom. The smallest absolute Gasteiger partial charge is 0.407 e. The van der Waals surface area contributed by atoms with Crippen LogP contribution >= 0.6 is 0 Å². The fourth-order valence-electron chi connectivity index (χ4n) is 3.55. The molecule has 3 rings (SSSR count). The summed E-state index contributed by atoms with van der Waals surface area (Å²) in [5.74, 6) is 2.13. The second kappa shape index (κ2) is 8.03. The van der Waals surface area contributed by atoms with Gasteiger partial charge in [0.1, 0.15) is 12.5 Å². The molecule has 0 aliphatic heterocycles. The number of fused-ring (bicyclic) bond motifs is 3. The maximum absolute atomic E-state index is 12.2. The van der Waals surface area contributed by atoms with Crippen molar-refractivity contribution in [2.75, 3.05) is 6.61 Å². The summed E-state index contributed by atoms with van der Waals surface area (Å²) in [6.45, 7) is 4.33. The monoisotopic (exact) mass is 349 g/mol. The molecule has 1 aliphatic rings. The van der Waals surface area contributed by atoms with Crippen molar-refractivity contribution in [1.82, 2.24) is 5.32 Å². The van der Waals surface area contributed by atoms with Crippen molar-refractivity contribution in [1.29, 1.82) is 0 Å². The number of ether oxygens (including phenoxy) is 1. The molecule has 2 aromatic carbocycles. The van der Waals surface area contributed by atoms with Crippen molar-refractivity contribution in [3.63, 3.8) is 0 Å². The first kappa shape index (κ1) is 18.0. The van der Waals surface area contributed by atoms with E-state index >= 15 is 0 Å². The van der Waals surface area contributed by atoms with Crippen LogP contribution in [0.25, 0.3) is 11.1 Å². The molecule has 0 fully saturated rings. The maximum Gasteiger partial charge on any atom is 0.407 e. The van der Waals surface area contributed by atoms with Crippen LogP contribution in [0.2, 0.25) is 0 Å². The summed E-state index contributed by atoms with van der Waals surface area (Å²) in [5.41, 5.74) is 4.73. The molecule has 1 atom stereocenters. The minimum atomic E-state index is -0.510. The first-order valence-corrected chi connectivity index (χ1v) is 8.92. The molecule has 2 aromatic rings. The molecule has 0 saturated heterocycles. The molecule has 1 N–H and O–H groups in total. The molecule has 0 heterocycles. The molecular formula is C22H23NO3. The van der Waals surface area contributed by atoms with Crippen LogP contribution < -0.4 is 5.32 Å². The van der Waals surface area contributed by atoms with Crippen molar-refractivity contribution < 1.29 is 14.3 Å². The molecule has 26 heavy (non-hydrogen) atoms. The van der Waals surface area contributed by atoms with Gasteiger partial charge < -0.3 is 10.1 Å². The van der Waals surface area contributed by atoms with Gasteiger partial charge in [-0.1, -0.05) is 62.4 Å². The van der Waals surface area contributed by atoms with Gasteiger partial charge in [0.2, 0.25) is 0 Å². The van der Waals surface area contributed by atoms with Gasteiger partial charge in [-0.15, -0.1) is 0 Å². The number of benzene rings is 2. The molecule has 0 unspecified atom stereocenters. The summed E-state index contributed by atoms with van der Waals surface area (Å²) in [7, 11) is 0. The lowest BCUT2D eigenvalue weighted by Crippen LogP contribution is -2.35. The predicted octanol–water partition coefficient (Wildman–Crippen LogP) is 4.33. The zero-order valence-corrected chi connectivity index (χ0v) is 15.1. The summed E-state index contributed by atoms with van der Waals surface area (Å²) in [5, 5.41) is 2.74. The van der Waals surface area contributed by atoms with E-state index in [-0.39, 0.29) is 18.6 Å².